The molecule has 64 valence electrons. The Morgan fingerprint density at radius 3 is 2.82 bits per heavy atom. The van der Waals surface area contributed by atoms with E-state index in [0.717, 1.165) is 0 Å². The number of carbonyl (C=O) groups is 1. The third kappa shape index (κ3) is 2.50. The molecule has 2 unspecified atom stereocenters. The summed E-state index contributed by atoms with van der Waals surface area (Å²) >= 11 is 0. The minimum Gasteiger partial charge on any atom is -0.469 e. The fourth-order valence-corrected chi connectivity index (χ4v) is 1.28. The highest BCUT2D eigenvalue weighted by atomic mass is 16.5. The van der Waals surface area contributed by atoms with Crippen molar-refractivity contribution in [3.8, 4) is 0 Å². The van der Waals surface area contributed by atoms with Crippen molar-refractivity contribution in [1.29, 1.82) is 0 Å². The molecule has 0 aromatic rings. The van der Waals surface area contributed by atoms with Crippen LogP contribution in [0.15, 0.2) is 0 Å². The Hall–Kier alpha value is -0.570. The molecule has 0 aromatic carbocycles. The van der Waals surface area contributed by atoms with E-state index in [1.165, 1.54) is 20.0 Å². The summed E-state index contributed by atoms with van der Waals surface area (Å²) in [5, 5.41) is 3.23. The highest BCUT2D eigenvalue weighted by Crippen LogP contribution is 2.19. The first-order valence-electron chi connectivity index (χ1n) is 4.10. The Balaban J connectivity index is 2.08. The van der Waals surface area contributed by atoms with Gasteiger partial charge in [-0.05, 0) is 6.42 Å². The molecular weight excluding hydrogens is 142 g/mol. The molecule has 11 heavy (non-hydrogen) atoms. The van der Waals surface area contributed by atoms with Crippen LogP contribution in [0, 0.1) is 0 Å². The van der Waals surface area contributed by atoms with Crippen molar-refractivity contribution in [2.24, 2.45) is 0 Å². The van der Waals surface area contributed by atoms with E-state index in [4.69, 9.17) is 0 Å². The molecule has 0 bridgehead atoms. The average molecular weight is 157 g/mol. The number of methoxy groups -OCH3 is 1. The molecule has 1 N–H and O–H groups in total. The van der Waals surface area contributed by atoms with Gasteiger partial charge in [-0.1, -0.05) is 13.3 Å². The predicted molar refractivity (Wildman–Crippen MR) is 42.3 cm³/mol. The van der Waals surface area contributed by atoms with Crippen molar-refractivity contribution in [3.63, 3.8) is 0 Å². The van der Waals surface area contributed by atoms with Gasteiger partial charge in [-0.3, -0.25) is 4.79 Å². The van der Waals surface area contributed by atoms with E-state index in [1.807, 2.05) is 0 Å². The van der Waals surface area contributed by atoms with Crippen LogP contribution < -0.4 is 5.32 Å². The van der Waals surface area contributed by atoms with E-state index in [0.29, 0.717) is 18.5 Å². The van der Waals surface area contributed by atoms with Gasteiger partial charge in [0.2, 0.25) is 0 Å². The number of nitrogens with one attached hydrogen (secondary N) is 1. The van der Waals surface area contributed by atoms with E-state index in [-0.39, 0.29) is 5.97 Å². The van der Waals surface area contributed by atoms with Crippen molar-refractivity contribution in [3.05, 3.63) is 0 Å². The second-order valence-electron chi connectivity index (χ2n) is 2.95. The van der Waals surface area contributed by atoms with Gasteiger partial charge in [0.1, 0.15) is 0 Å². The topological polar surface area (TPSA) is 48.2 Å². The summed E-state index contributed by atoms with van der Waals surface area (Å²) in [7, 11) is 1.43. The Bertz CT molecular complexity index is 147. The minimum atomic E-state index is -0.110. The van der Waals surface area contributed by atoms with E-state index < -0.39 is 0 Å². The van der Waals surface area contributed by atoms with Crippen molar-refractivity contribution in [2.45, 2.75) is 38.3 Å². The Kier molecular flexibility index (Phi) is 2.88. The molecule has 3 nitrogen and oxygen atoms in total. The molecule has 0 radical (unpaired) electrons. The van der Waals surface area contributed by atoms with E-state index >= 15 is 0 Å². The monoisotopic (exact) mass is 157 g/mol. The summed E-state index contributed by atoms with van der Waals surface area (Å²) in [5.74, 6) is -0.110. The quantitative estimate of drug-likeness (QED) is 0.482. The summed E-state index contributed by atoms with van der Waals surface area (Å²) in [4.78, 5) is 10.7. The largest absolute Gasteiger partial charge is 0.469 e. The summed E-state index contributed by atoms with van der Waals surface area (Å²) in [5.41, 5.74) is 0. The van der Waals surface area contributed by atoms with Crippen LogP contribution in [0.2, 0.25) is 0 Å². The number of esters is 1. The maximum Gasteiger partial charge on any atom is 0.307 e. The lowest BCUT2D eigenvalue weighted by molar-refractivity contribution is -0.140. The molecule has 0 amide bonds. The molecule has 2 atom stereocenters. The highest BCUT2D eigenvalue weighted by Gasteiger charge is 2.36. The maximum absolute atomic E-state index is 10.7. The molecule has 0 aromatic heterocycles. The Morgan fingerprint density at radius 1 is 1.55 bits per heavy atom. The van der Waals surface area contributed by atoms with Crippen molar-refractivity contribution in [2.75, 3.05) is 7.11 Å². The molecule has 1 aliphatic heterocycles. The lowest BCUT2D eigenvalue weighted by atomic mass is 10.2. The summed E-state index contributed by atoms with van der Waals surface area (Å²) in [6.07, 6.45) is 2.87. The van der Waals surface area contributed by atoms with Crippen molar-refractivity contribution in [1.82, 2.24) is 5.32 Å². The van der Waals surface area contributed by atoms with Crippen LogP contribution in [0.5, 0.6) is 0 Å². The first kappa shape index (κ1) is 8.53. The maximum atomic E-state index is 10.7. The molecule has 1 aliphatic rings. The molecule has 0 aliphatic carbocycles. The van der Waals surface area contributed by atoms with Crippen LogP contribution in [0.1, 0.15) is 26.2 Å². The Labute approximate surface area is 67.1 Å². The van der Waals surface area contributed by atoms with Gasteiger partial charge in [0.15, 0.2) is 0 Å². The van der Waals surface area contributed by atoms with Crippen LogP contribution in [0.3, 0.4) is 0 Å². The van der Waals surface area contributed by atoms with Gasteiger partial charge in [0, 0.05) is 12.1 Å². The smallest absolute Gasteiger partial charge is 0.307 e. The molecular formula is C8H15NO2. The van der Waals surface area contributed by atoms with Crippen molar-refractivity contribution >= 4 is 5.97 Å². The first-order chi connectivity index (χ1) is 5.27. The van der Waals surface area contributed by atoms with Gasteiger partial charge in [-0.2, -0.15) is 0 Å². The van der Waals surface area contributed by atoms with Gasteiger partial charge in [0.05, 0.1) is 13.5 Å². The number of ether oxygens (including phenoxy) is 1. The number of rotatable bonds is 4. The fourth-order valence-electron chi connectivity index (χ4n) is 1.28. The number of hydrogen-bond donors (Lipinski definition) is 1. The van der Waals surface area contributed by atoms with Crippen LogP contribution in [-0.2, 0) is 9.53 Å². The molecule has 1 rings (SSSR count). The van der Waals surface area contributed by atoms with E-state index in [1.54, 1.807) is 0 Å². The zero-order chi connectivity index (χ0) is 8.27. The SMILES string of the molecule is CCCC1NC1CC(=O)OC. The molecule has 1 fully saturated rings. The molecule has 3 heteroatoms. The van der Waals surface area contributed by atoms with Gasteiger partial charge in [-0.25, -0.2) is 0 Å². The van der Waals surface area contributed by atoms with Crippen LogP contribution >= 0.6 is 0 Å². The zero-order valence-electron chi connectivity index (χ0n) is 7.09. The second-order valence-corrected chi connectivity index (χ2v) is 2.95. The normalized spacial score (nSPS) is 28.2. The lowest BCUT2D eigenvalue weighted by Gasteiger charge is -1.94. The van der Waals surface area contributed by atoms with E-state index in [9.17, 15) is 4.79 Å². The van der Waals surface area contributed by atoms with Gasteiger partial charge in [-0.15, -0.1) is 0 Å². The molecule has 1 saturated heterocycles. The van der Waals surface area contributed by atoms with Crippen LogP contribution in [-0.4, -0.2) is 25.2 Å². The van der Waals surface area contributed by atoms with E-state index in [2.05, 4.69) is 17.0 Å². The van der Waals surface area contributed by atoms with Crippen LogP contribution in [0.4, 0.5) is 0 Å². The molecule has 0 spiro atoms. The number of carbonyl (C=O) groups excluding carboxylic acids is 1. The Morgan fingerprint density at radius 2 is 2.27 bits per heavy atom. The summed E-state index contributed by atoms with van der Waals surface area (Å²) in [6.45, 7) is 2.15. The van der Waals surface area contributed by atoms with Crippen LogP contribution in [0.25, 0.3) is 0 Å². The minimum absolute atomic E-state index is 0.110. The van der Waals surface area contributed by atoms with Gasteiger partial charge in [0.25, 0.3) is 0 Å². The first-order valence-corrected chi connectivity index (χ1v) is 4.10. The number of hydrogen-bond acceptors (Lipinski definition) is 3. The van der Waals surface area contributed by atoms with Gasteiger partial charge < -0.3 is 10.1 Å². The highest BCUT2D eigenvalue weighted by molar-refractivity contribution is 5.70. The third-order valence-electron chi connectivity index (χ3n) is 2.02. The third-order valence-corrected chi connectivity index (χ3v) is 2.02. The van der Waals surface area contributed by atoms with Gasteiger partial charge >= 0.3 is 5.97 Å². The van der Waals surface area contributed by atoms with Crippen molar-refractivity contribution < 1.29 is 9.53 Å². The predicted octanol–water partition coefficient (Wildman–Crippen LogP) is 0.690. The summed E-state index contributed by atoms with van der Waals surface area (Å²) in [6, 6.07) is 0.960. The molecule has 1 heterocycles. The second kappa shape index (κ2) is 3.72. The lowest BCUT2D eigenvalue weighted by Crippen LogP contribution is -2.06. The average Bonchev–Trinajstić information content (AvgIpc) is 2.69. The summed E-state index contributed by atoms with van der Waals surface area (Å²) < 4.78 is 4.55. The standard InChI is InChI=1S/C8H15NO2/c1-3-4-6-7(9-6)5-8(10)11-2/h6-7,9H,3-5H2,1-2H3. The zero-order valence-corrected chi connectivity index (χ0v) is 7.09. The fraction of sp³-hybridized carbons (Fsp3) is 0.875. The molecule has 0 saturated carbocycles.